The summed E-state index contributed by atoms with van der Waals surface area (Å²) < 4.78 is 20.6. The maximum atomic E-state index is 11.7. The van der Waals surface area contributed by atoms with Crippen LogP contribution in [-0.4, -0.2) is 83.0 Å². The van der Waals surface area contributed by atoms with Crippen molar-refractivity contribution >= 4 is 5.97 Å². The molecule has 0 bridgehead atoms. The third-order valence-electron chi connectivity index (χ3n) is 4.03. The van der Waals surface area contributed by atoms with Crippen molar-refractivity contribution in [2.24, 2.45) is 0 Å². The molecule has 10 nitrogen and oxygen atoms in total. The Morgan fingerprint density at radius 3 is 2.35 bits per heavy atom. The minimum Gasteiger partial charge on any atom is -0.493 e. The van der Waals surface area contributed by atoms with Crippen LogP contribution in [0.4, 0.5) is 0 Å². The van der Waals surface area contributed by atoms with E-state index in [2.05, 4.69) is 4.74 Å². The summed E-state index contributed by atoms with van der Waals surface area (Å²) in [6, 6.07) is 2.62. The maximum Gasteiger partial charge on any atom is 0.337 e. The van der Waals surface area contributed by atoms with Crippen LogP contribution < -0.4 is 9.47 Å². The topological polar surface area (TPSA) is 155 Å². The molecule has 0 radical (unpaired) electrons. The van der Waals surface area contributed by atoms with E-state index in [0.717, 1.165) is 0 Å². The van der Waals surface area contributed by atoms with Crippen LogP contribution in [0.3, 0.4) is 0 Å². The van der Waals surface area contributed by atoms with Gasteiger partial charge in [0.25, 0.3) is 0 Å². The SMILES string of the molecule is COC(=O)c1cc(CO)c(O[C@@H]2O[C@H](CO)[C@@H](O)[C@H](O)[C@H]2O)c(OC)c1. The van der Waals surface area contributed by atoms with Crippen LogP contribution in [0.2, 0.25) is 0 Å². The van der Waals surface area contributed by atoms with Crippen LogP contribution in [0, 0.1) is 0 Å². The molecule has 0 aliphatic carbocycles. The van der Waals surface area contributed by atoms with Crippen LogP contribution in [-0.2, 0) is 16.1 Å². The maximum absolute atomic E-state index is 11.7. The van der Waals surface area contributed by atoms with Crippen molar-refractivity contribution in [3.8, 4) is 11.5 Å². The fourth-order valence-electron chi connectivity index (χ4n) is 2.58. The highest BCUT2D eigenvalue weighted by Crippen LogP contribution is 2.36. The highest BCUT2D eigenvalue weighted by Gasteiger charge is 2.45. The average Bonchev–Trinajstić information content (AvgIpc) is 2.67. The summed E-state index contributed by atoms with van der Waals surface area (Å²) in [6.45, 7) is -1.15. The molecule has 0 aromatic heterocycles. The molecule has 1 heterocycles. The molecule has 0 amide bonds. The predicted octanol–water partition coefficient (Wildman–Crippen LogP) is -1.85. The summed E-state index contributed by atoms with van der Waals surface area (Å²) >= 11 is 0. The second kappa shape index (κ2) is 8.62. The van der Waals surface area contributed by atoms with E-state index < -0.39 is 49.9 Å². The van der Waals surface area contributed by atoms with Gasteiger partial charge in [-0.05, 0) is 12.1 Å². The number of carbonyl (C=O) groups excluding carboxylic acids is 1. The number of aliphatic hydroxyl groups excluding tert-OH is 5. The molecule has 0 spiro atoms. The Labute approximate surface area is 149 Å². The number of aliphatic hydroxyl groups is 5. The zero-order chi connectivity index (χ0) is 19.4. The van der Waals surface area contributed by atoms with Crippen LogP contribution in [0.1, 0.15) is 15.9 Å². The molecule has 0 saturated carbocycles. The molecule has 146 valence electrons. The van der Waals surface area contributed by atoms with Crippen molar-refractivity contribution in [3.63, 3.8) is 0 Å². The largest absolute Gasteiger partial charge is 0.493 e. The van der Waals surface area contributed by atoms with Gasteiger partial charge in [0.15, 0.2) is 11.5 Å². The summed E-state index contributed by atoms with van der Waals surface area (Å²) in [7, 11) is 2.50. The molecule has 1 aliphatic rings. The van der Waals surface area contributed by atoms with Crippen molar-refractivity contribution in [1.82, 2.24) is 0 Å². The van der Waals surface area contributed by atoms with Gasteiger partial charge in [-0.25, -0.2) is 4.79 Å². The molecule has 1 fully saturated rings. The summed E-state index contributed by atoms with van der Waals surface area (Å²) in [6.07, 6.45) is -7.41. The van der Waals surface area contributed by atoms with Gasteiger partial charge in [0.05, 0.1) is 33.0 Å². The van der Waals surface area contributed by atoms with E-state index in [-0.39, 0.29) is 22.6 Å². The van der Waals surface area contributed by atoms with Gasteiger partial charge in [0.2, 0.25) is 6.29 Å². The average molecular weight is 374 g/mol. The van der Waals surface area contributed by atoms with Gasteiger partial charge in [-0.1, -0.05) is 0 Å². The van der Waals surface area contributed by atoms with E-state index in [4.69, 9.17) is 14.2 Å². The number of carbonyl (C=O) groups is 1. The molecule has 5 N–H and O–H groups in total. The Balaban J connectivity index is 2.37. The quantitative estimate of drug-likeness (QED) is 0.358. The molecular weight excluding hydrogens is 352 g/mol. The van der Waals surface area contributed by atoms with Crippen LogP contribution in [0.5, 0.6) is 11.5 Å². The molecule has 10 heteroatoms. The fourth-order valence-corrected chi connectivity index (χ4v) is 2.58. The van der Waals surface area contributed by atoms with E-state index in [1.165, 1.54) is 26.4 Å². The lowest BCUT2D eigenvalue weighted by molar-refractivity contribution is -0.277. The van der Waals surface area contributed by atoms with Gasteiger partial charge in [0.1, 0.15) is 24.4 Å². The van der Waals surface area contributed by atoms with Gasteiger partial charge < -0.3 is 44.5 Å². The second-order valence-electron chi connectivity index (χ2n) is 5.63. The number of hydrogen-bond acceptors (Lipinski definition) is 10. The van der Waals surface area contributed by atoms with E-state index in [0.29, 0.717) is 0 Å². The number of methoxy groups -OCH3 is 2. The first-order valence-corrected chi connectivity index (χ1v) is 7.75. The Hall–Kier alpha value is -1.95. The molecule has 1 aromatic carbocycles. The van der Waals surface area contributed by atoms with E-state index >= 15 is 0 Å². The summed E-state index contributed by atoms with van der Waals surface area (Å²) in [5.74, 6) is -0.640. The van der Waals surface area contributed by atoms with Crippen LogP contribution in [0.25, 0.3) is 0 Å². The summed E-state index contributed by atoms with van der Waals surface area (Å²) in [5, 5.41) is 48.5. The van der Waals surface area contributed by atoms with Crippen molar-refractivity contribution in [3.05, 3.63) is 23.3 Å². The first-order chi connectivity index (χ1) is 12.4. The Bertz CT molecular complexity index is 606. The van der Waals surface area contributed by atoms with Crippen molar-refractivity contribution in [1.29, 1.82) is 0 Å². The monoisotopic (exact) mass is 374 g/mol. The molecule has 1 saturated heterocycles. The number of esters is 1. The summed E-state index contributed by atoms with van der Waals surface area (Å²) in [5.41, 5.74) is 0.247. The number of ether oxygens (including phenoxy) is 4. The zero-order valence-corrected chi connectivity index (χ0v) is 14.2. The standard InChI is InChI=1S/C16H22O10/c1-23-9-4-7(15(22)24-2)3-8(5-17)14(9)26-16-13(21)12(20)11(19)10(6-18)25-16/h3-4,10-13,16-21H,5-6H2,1-2H3/t10-,11-,12+,13-,16+/m1/s1. The third-order valence-corrected chi connectivity index (χ3v) is 4.03. The molecule has 5 atom stereocenters. The van der Waals surface area contributed by atoms with Gasteiger partial charge in [-0.15, -0.1) is 0 Å². The van der Waals surface area contributed by atoms with Crippen molar-refractivity contribution in [2.75, 3.05) is 20.8 Å². The second-order valence-corrected chi connectivity index (χ2v) is 5.63. The highest BCUT2D eigenvalue weighted by molar-refractivity contribution is 5.90. The highest BCUT2D eigenvalue weighted by atomic mass is 16.7. The Morgan fingerprint density at radius 2 is 1.81 bits per heavy atom. The van der Waals surface area contributed by atoms with Crippen LogP contribution in [0.15, 0.2) is 12.1 Å². The zero-order valence-electron chi connectivity index (χ0n) is 14.2. The molecule has 0 unspecified atom stereocenters. The lowest BCUT2D eigenvalue weighted by Gasteiger charge is -2.39. The van der Waals surface area contributed by atoms with Crippen LogP contribution >= 0.6 is 0 Å². The molecule has 26 heavy (non-hydrogen) atoms. The minimum absolute atomic E-state index is 0.0352. The third kappa shape index (κ3) is 3.90. The first-order valence-electron chi connectivity index (χ1n) is 7.75. The Kier molecular flexibility index (Phi) is 6.75. The number of hydrogen-bond donors (Lipinski definition) is 5. The normalized spacial score (nSPS) is 28.5. The van der Waals surface area contributed by atoms with Gasteiger partial charge in [-0.3, -0.25) is 0 Å². The lowest BCUT2D eigenvalue weighted by Crippen LogP contribution is -2.60. The summed E-state index contributed by atoms with van der Waals surface area (Å²) in [4.78, 5) is 11.7. The molecule has 1 aromatic rings. The predicted molar refractivity (Wildman–Crippen MR) is 84.7 cm³/mol. The first kappa shape index (κ1) is 20.4. The number of rotatable bonds is 6. The fraction of sp³-hybridized carbons (Fsp3) is 0.562. The van der Waals surface area contributed by atoms with Gasteiger partial charge in [-0.2, -0.15) is 0 Å². The van der Waals surface area contributed by atoms with Gasteiger partial charge in [0, 0.05) is 5.56 Å². The molecule has 2 rings (SSSR count). The molecular formula is C16H22O10. The lowest BCUT2D eigenvalue weighted by atomic mass is 9.99. The van der Waals surface area contributed by atoms with E-state index in [1.807, 2.05) is 0 Å². The minimum atomic E-state index is -1.63. The molecule has 1 aliphatic heterocycles. The Morgan fingerprint density at radius 1 is 1.12 bits per heavy atom. The van der Waals surface area contributed by atoms with E-state index in [9.17, 15) is 30.3 Å². The van der Waals surface area contributed by atoms with Gasteiger partial charge >= 0.3 is 5.97 Å². The van der Waals surface area contributed by atoms with E-state index in [1.54, 1.807) is 0 Å². The smallest absolute Gasteiger partial charge is 0.337 e. The number of benzene rings is 1. The van der Waals surface area contributed by atoms with Crippen molar-refractivity contribution in [2.45, 2.75) is 37.3 Å². The van der Waals surface area contributed by atoms with Crippen molar-refractivity contribution < 1.29 is 49.3 Å².